The van der Waals surface area contributed by atoms with Crippen LogP contribution in [0.2, 0.25) is 0 Å². The predicted molar refractivity (Wildman–Crippen MR) is 80.5 cm³/mol. The fraction of sp³-hybridized carbons (Fsp3) is 0.733. The fourth-order valence-corrected chi connectivity index (χ4v) is 4.08. The van der Waals surface area contributed by atoms with Gasteiger partial charge in [0.2, 0.25) is 0 Å². The summed E-state index contributed by atoms with van der Waals surface area (Å²) in [6.07, 6.45) is 4.48. The van der Waals surface area contributed by atoms with Gasteiger partial charge >= 0.3 is 0 Å². The second-order valence-electron chi connectivity index (χ2n) is 5.71. The van der Waals surface area contributed by atoms with Crippen LogP contribution in [0.25, 0.3) is 0 Å². The lowest BCUT2D eigenvalue weighted by atomic mass is 9.96. The summed E-state index contributed by atoms with van der Waals surface area (Å²) >= 11 is 2.10. The monoisotopic (exact) mass is 280 g/mol. The molecule has 2 fully saturated rings. The SMILES string of the molecule is c1coc(CN2CCC(CN3CCSCC3)CC2)c1. The molecule has 0 saturated carbocycles. The Morgan fingerprint density at radius 3 is 2.58 bits per heavy atom. The van der Waals surface area contributed by atoms with E-state index >= 15 is 0 Å². The van der Waals surface area contributed by atoms with Crippen molar-refractivity contribution in [2.45, 2.75) is 19.4 Å². The maximum atomic E-state index is 5.43. The van der Waals surface area contributed by atoms with Crippen LogP contribution in [0.1, 0.15) is 18.6 Å². The Labute approximate surface area is 120 Å². The molecule has 0 atom stereocenters. The summed E-state index contributed by atoms with van der Waals surface area (Å²) in [7, 11) is 0. The highest BCUT2D eigenvalue weighted by Gasteiger charge is 2.22. The van der Waals surface area contributed by atoms with Gasteiger partial charge in [0.1, 0.15) is 5.76 Å². The highest BCUT2D eigenvalue weighted by molar-refractivity contribution is 7.99. The summed E-state index contributed by atoms with van der Waals surface area (Å²) in [4.78, 5) is 5.20. The predicted octanol–water partition coefficient (Wildman–Crippen LogP) is 2.54. The van der Waals surface area contributed by atoms with Gasteiger partial charge in [-0.25, -0.2) is 0 Å². The molecule has 1 aromatic rings. The average molecular weight is 280 g/mol. The maximum Gasteiger partial charge on any atom is 0.117 e. The van der Waals surface area contributed by atoms with Gasteiger partial charge in [0.05, 0.1) is 12.8 Å². The maximum absolute atomic E-state index is 5.43. The molecule has 0 unspecified atom stereocenters. The first-order valence-electron chi connectivity index (χ1n) is 7.45. The lowest BCUT2D eigenvalue weighted by molar-refractivity contribution is 0.137. The first-order valence-corrected chi connectivity index (χ1v) is 8.60. The van der Waals surface area contributed by atoms with Gasteiger partial charge in [-0.15, -0.1) is 0 Å². The van der Waals surface area contributed by atoms with Crippen molar-refractivity contribution in [1.82, 2.24) is 9.80 Å². The number of likely N-dealkylation sites (tertiary alicyclic amines) is 1. The highest BCUT2D eigenvalue weighted by atomic mass is 32.2. The van der Waals surface area contributed by atoms with Crippen LogP contribution in [0.3, 0.4) is 0 Å². The second kappa shape index (κ2) is 6.82. The van der Waals surface area contributed by atoms with Gasteiger partial charge in [-0.05, 0) is 44.0 Å². The van der Waals surface area contributed by atoms with Crippen molar-refractivity contribution < 1.29 is 4.42 Å². The molecular weight excluding hydrogens is 256 g/mol. The molecule has 0 spiro atoms. The number of rotatable bonds is 4. The number of hydrogen-bond donors (Lipinski definition) is 0. The molecule has 19 heavy (non-hydrogen) atoms. The van der Waals surface area contributed by atoms with Gasteiger partial charge in [-0.2, -0.15) is 11.8 Å². The van der Waals surface area contributed by atoms with Gasteiger partial charge in [-0.1, -0.05) is 0 Å². The lowest BCUT2D eigenvalue weighted by Gasteiger charge is -2.35. The largest absolute Gasteiger partial charge is 0.468 e. The Hall–Kier alpha value is -0.450. The Morgan fingerprint density at radius 1 is 1.11 bits per heavy atom. The van der Waals surface area contributed by atoms with Crippen LogP contribution in [0.5, 0.6) is 0 Å². The summed E-state index contributed by atoms with van der Waals surface area (Å²) in [6, 6.07) is 4.06. The van der Waals surface area contributed by atoms with E-state index in [0.717, 1.165) is 18.2 Å². The third kappa shape index (κ3) is 4.01. The van der Waals surface area contributed by atoms with E-state index < -0.39 is 0 Å². The molecule has 2 aliphatic rings. The zero-order valence-electron chi connectivity index (χ0n) is 11.6. The molecule has 3 nitrogen and oxygen atoms in total. The van der Waals surface area contributed by atoms with E-state index in [0.29, 0.717) is 0 Å². The smallest absolute Gasteiger partial charge is 0.117 e. The molecule has 3 heterocycles. The highest BCUT2D eigenvalue weighted by Crippen LogP contribution is 2.21. The average Bonchev–Trinajstić information content (AvgIpc) is 2.95. The van der Waals surface area contributed by atoms with Gasteiger partial charge in [0, 0.05) is 31.1 Å². The molecule has 3 rings (SSSR count). The molecule has 2 aliphatic heterocycles. The minimum atomic E-state index is 0.913. The molecule has 0 amide bonds. The molecule has 106 valence electrons. The van der Waals surface area contributed by atoms with Crippen LogP contribution < -0.4 is 0 Å². The first-order chi connectivity index (χ1) is 9.40. The molecule has 0 radical (unpaired) electrons. The summed E-state index contributed by atoms with van der Waals surface area (Å²) in [5, 5.41) is 0. The fourth-order valence-electron chi connectivity index (χ4n) is 3.10. The Morgan fingerprint density at radius 2 is 1.89 bits per heavy atom. The Bertz CT molecular complexity index is 354. The van der Waals surface area contributed by atoms with Crippen LogP contribution in [-0.2, 0) is 6.54 Å². The number of nitrogens with zero attached hydrogens (tertiary/aromatic N) is 2. The number of thioether (sulfide) groups is 1. The molecule has 2 saturated heterocycles. The Balaban J connectivity index is 1.39. The normalized spacial score (nSPS) is 23.8. The molecule has 0 bridgehead atoms. The van der Waals surface area contributed by atoms with Gasteiger partial charge < -0.3 is 9.32 Å². The van der Waals surface area contributed by atoms with Crippen molar-refractivity contribution >= 4 is 11.8 Å². The summed E-state index contributed by atoms with van der Waals surface area (Å²) in [6.45, 7) is 7.38. The van der Waals surface area contributed by atoms with Crippen molar-refractivity contribution in [3.63, 3.8) is 0 Å². The molecule has 4 heteroatoms. The molecule has 0 aromatic carbocycles. The van der Waals surface area contributed by atoms with Crippen molar-refractivity contribution in [2.75, 3.05) is 44.2 Å². The van der Waals surface area contributed by atoms with Crippen LogP contribution >= 0.6 is 11.8 Å². The molecule has 0 aliphatic carbocycles. The first kappa shape index (κ1) is 13.5. The summed E-state index contributed by atoms with van der Waals surface area (Å²) in [5.41, 5.74) is 0. The third-order valence-electron chi connectivity index (χ3n) is 4.29. The number of piperidine rings is 1. The van der Waals surface area contributed by atoms with E-state index in [2.05, 4.69) is 27.6 Å². The molecular formula is C15H24N2OS. The van der Waals surface area contributed by atoms with Crippen molar-refractivity contribution in [1.29, 1.82) is 0 Å². The Kier molecular flexibility index (Phi) is 4.86. The minimum absolute atomic E-state index is 0.913. The van der Waals surface area contributed by atoms with Crippen molar-refractivity contribution in [3.8, 4) is 0 Å². The molecule has 0 N–H and O–H groups in total. The van der Waals surface area contributed by atoms with E-state index in [4.69, 9.17) is 4.42 Å². The van der Waals surface area contributed by atoms with Gasteiger partial charge in [0.25, 0.3) is 0 Å². The topological polar surface area (TPSA) is 19.6 Å². The van der Waals surface area contributed by atoms with Crippen molar-refractivity contribution in [2.24, 2.45) is 5.92 Å². The van der Waals surface area contributed by atoms with Gasteiger partial charge in [-0.3, -0.25) is 4.90 Å². The lowest BCUT2D eigenvalue weighted by Crippen LogP contribution is -2.41. The number of hydrogen-bond acceptors (Lipinski definition) is 4. The zero-order valence-corrected chi connectivity index (χ0v) is 12.4. The standard InChI is InChI=1S/C15H24N2OS/c1-2-15(18-9-1)13-16-5-3-14(4-6-16)12-17-7-10-19-11-8-17/h1-2,9,14H,3-8,10-13H2. The van der Waals surface area contributed by atoms with E-state index in [1.807, 2.05) is 6.07 Å². The van der Waals surface area contributed by atoms with E-state index in [9.17, 15) is 0 Å². The number of furan rings is 1. The van der Waals surface area contributed by atoms with Crippen LogP contribution in [0, 0.1) is 5.92 Å². The van der Waals surface area contributed by atoms with Crippen LogP contribution in [0.15, 0.2) is 22.8 Å². The van der Waals surface area contributed by atoms with Crippen molar-refractivity contribution in [3.05, 3.63) is 24.2 Å². The third-order valence-corrected chi connectivity index (χ3v) is 5.23. The summed E-state index contributed by atoms with van der Waals surface area (Å²) < 4.78 is 5.43. The minimum Gasteiger partial charge on any atom is -0.468 e. The quantitative estimate of drug-likeness (QED) is 0.844. The summed E-state index contributed by atoms with van der Waals surface area (Å²) in [5.74, 6) is 4.68. The second-order valence-corrected chi connectivity index (χ2v) is 6.94. The van der Waals surface area contributed by atoms with Crippen LogP contribution in [0.4, 0.5) is 0 Å². The zero-order chi connectivity index (χ0) is 12.9. The molecule has 1 aromatic heterocycles. The van der Waals surface area contributed by atoms with E-state index in [-0.39, 0.29) is 0 Å². The van der Waals surface area contributed by atoms with E-state index in [1.165, 1.54) is 57.1 Å². The van der Waals surface area contributed by atoms with Gasteiger partial charge in [0.15, 0.2) is 0 Å². The van der Waals surface area contributed by atoms with Crippen LogP contribution in [-0.4, -0.2) is 54.0 Å². The van der Waals surface area contributed by atoms with E-state index in [1.54, 1.807) is 6.26 Å².